The quantitative estimate of drug-likeness (QED) is 0.772. The summed E-state index contributed by atoms with van der Waals surface area (Å²) in [4.78, 5) is 8.22. The molecule has 0 saturated heterocycles. The Kier molecular flexibility index (Phi) is 3.32. The zero-order valence-corrected chi connectivity index (χ0v) is 10.8. The van der Waals surface area contributed by atoms with Crippen molar-refractivity contribution in [3.8, 4) is 0 Å². The molecule has 0 atom stereocenters. The lowest BCUT2D eigenvalue weighted by Crippen LogP contribution is -2.05. The van der Waals surface area contributed by atoms with Crippen molar-refractivity contribution in [3.63, 3.8) is 0 Å². The molecular formula is C13H17N5. The summed E-state index contributed by atoms with van der Waals surface area (Å²) in [5.74, 6) is 1.24. The van der Waals surface area contributed by atoms with Gasteiger partial charge in [-0.2, -0.15) is 0 Å². The molecular weight excluding hydrogens is 226 g/mol. The number of nitrogens with one attached hydrogen (secondary N) is 2. The Morgan fingerprint density at radius 3 is 2.56 bits per heavy atom. The van der Waals surface area contributed by atoms with Crippen LogP contribution >= 0.6 is 0 Å². The average Bonchev–Trinajstić information content (AvgIpc) is 2.36. The van der Waals surface area contributed by atoms with E-state index in [1.165, 1.54) is 11.9 Å². The van der Waals surface area contributed by atoms with Gasteiger partial charge in [0.1, 0.15) is 12.0 Å². The summed E-state index contributed by atoms with van der Waals surface area (Å²) in [6, 6.07) is 6.20. The minimum atomic E-state index is 0.515. The van der Waals surface area contributed by atoms with Crippen LogP contribution in [0.4, 0.5) is 23.0 Å². The molecule has 0 amide bonds. The van der Waals surface area contributed by atoms with Gasteiger partial charge in [0.2, 0.25) is 0 Å². The summed E-state index contributed by atoms with van der Waals surface area (Å²) in [7, 11) is 1.78. The molecule has 1 heterocycles. The predicted octanol–water partition coefficient (Wildman–Crippen LogP) is 2.46. The number of nitrogens with two attached hydrogens (primary N) is 1. The third kappa shape index (κ3) is 2.34. The smallest absolute Gasteiger partial charge is 0.159 e. The molecule has 1 aromatic carbocycles. The van der Waals surface area contributed by atoms with Crippen LogP contribution in [-0.2, 0) is 0 Å². The fourth-order valence-electron chi connectivity index (χ4n) is 1.69. The maximum absolute atomic E-state index is 5.98. The fraction of sp³-hybridized carbons (Fsp3) is 0.231. The highest BCUT2D eigenvalue weighted by Crippen LogP contribution is 2.27. The van der Waals surface area contributed by atoms with E-state index in [0.29, 0.717) is 17.3 Å². The van der Waals surface area contributed by atoms with Crippen molar-refractivity contribution in [1.82, 2.24) is 9.97 Å². The summed E-state index contributed by atoms with van der Waals surface area (Å²) < 4.78 is 0. The van der Waals surface area contributed by atoms with Gasteiger partial charge in [-0.1, -0.05) is 12.1 Å². The summed E-state index contributed by atoms with van der Waals surface area (Å²) >= 11 is 0. The molecule has 0 unspecified atom stereocenters. The minimum Gasteiger partial charge on any atom is -0.393 e. The number of hydrogen-bond donors (Lipinski definition) is 3. The standard InChI is InChI=1S/C13H17N5/c1-8-4-5-9(2)10(6-8)18-13-11(14)12(15-3)16-7-17-13/h4-7H,14H2,1-3H3,(H2,15,16,17,18). The number of hydrogen-bond acceptors (Lipinski definition) is 5. The van der Waals surface area contributed by atoms with E-state index >= 15 is 0 Å². The number of nitrogen functional groups attached to an aromatic ring is 1. The maximum atomic E-state index is 5.98. The van der Waals surface area contributed by atoms with Gasteiger partial charge in [0.15, 0.2) is 11.6 Å². The minimum absolute atomic E-state index is 0.515. The Morgan fingerprint density at radius 1 is 1.11 bits per heavy atom. The summed E-state index contributed by atoms with van der Waals surface area (Å²) in [5, 5.41) is 6.17. The highest BCUT2D eigenvalue weighted by atomic mass is 15.1. The molecule has 2 rings (SSSR count). The Hall–Kier alpha value is -2.30. The second kappa shape index (κ2) is 4.91. The zero-order valence-electron chi connectivity index (χ0n) is 10.8. The number of aromatic nitrogens is 2. The van der Waals surface area contributed by atoms with Crippen molar-refractivity contribution < 1.29 is 0 Å². The van der Waals surface area contributed by atoms with E-state index in [1.54, 1.807) is 7.05 Å². The van der Waals surface area contributed by atoms with Crippen molar-refractivity contribution >= 4 is 23.0 Å². The summed E-state index contributed by atoms with van der Waals surface area (Å²) in [6.07, 6.45) is 1.48. The summed E-state index contributed by atoms with van der Waals surface area (Å²) in [6.45, 7) is 4.09. The predicted molar refractivity (Wildman–Crippen MR) is 75.2 cm³/mol. The van der Waals surface area contributed by atoms with Crippen molar-refractivity contribution in [2.75, 3.05) is 23.4 Å². The Bertz CT molecular complexity index is 565. The van der Waals surface area contributed by atoms with Gasteiger partial charge >= 0.3 is 0 Å². The third-order valence-corrected chi connectivity index (χ3v) is 2.77. The lowest BCUT2D eigenvalue weighted by atomic mass is 10.1. The van der Waals surface area contributed by atoms with Crippen molar-refractivity contribution in [1.29, 1.82) is 0 Å². The topological polar surface area (TPSA) is 75.9 Å². The molecule has 4 N–H and O–H groups in total. The first-order valence-corrected chi connectivity index (χ1v) is 5.74. The van der Waals surface area contributed by atoms with Crippen LogP contribution in [0.25, 0.3) is 0 Å². The first-order valence-electron chi connectivity index (χ1n) is 5.74. The van der Waals surface area contributed by atoms with E-state index in [4.69, 9.17) is 5.73 Å². The van der Waals surface area contributed by atoms with Crippen molar-refractivity contribution in [2.24, 2.45) is 0 Å². The second-order valence-corrected chi connectivity index (χ2v) is 4.18. The van der Waals surface area contributed by atoms with E-state index < -0.39 is 0 Å². The molecule has 2 aromatic rings. The molecule has 0 bridgehead atoms. The van der Waals surface area contributed by atoms with E-state index in [2.05, 4.69) is 38.8 Å². The molecule has 5 heteroatoms. The number of anilines is 4. The van der Waals surface area contributed by atoms with Crippen LogP contribution in [0, 0.1) is 13.8 Å². The number of benzene rings is 1. The average molecular weight is 243 g/mol. The van der Waals surface area contributed by atoms with Crippen molar-refractivity contribution in [3.05, 3.63) is 35.7 Å². The van der Waals surface area contributed by atoms with Gasteiger partial charge in [0.25, 0.3) is 0 Å². The first kappa shape index (κ1) is 12.2. The van der Waals surface area contributed by atoms with Gasteiger partial charge in [-0.25, -0.2) is 9.97 Å². The van der Waals surface area contributed by atoms with E-state index in [1.807, 2.05) is 13.8 Å². The third-order valence-electron chi connectivity index (χ3n) is 2.77. The second-order valence-electron chi connectivity index (χ2n) is 4.18. The molecule has 0 aliphatic rings. The number of rotatable bonds is 3. The van der Waals surface area contributed by atoms with Gasteiger partial charge in [0.05, 0.1) is 0 Å². The molecule has 1 aromatic heterocycles. The van der Waals surface area contributed by atoms with Crippen LogP contribution in [0.15, 0.2) is 24.5 Å². The van der Waals surface area contributed by atoms with Crippen molar-refractivity contribution in [2.45, 2.75) is 13.8 Å². The van der Waals surface area contributed by atoms with Crippen LogP contribution in [0.5, 0.6) is 0 Å². The van der Waals surface area contributed by atoms with E-state index in [-0.39, 0.29) is 0 Å². The molecule has 0 fully saturated rings. The van der Waals surface area contributed by atoms with Crippen LogP contribution in [0.1, 0.15) is 11.1 Å². The van der Waals surface area contributed by atoms with Gasteiger partial charge < -0.3 is 16.4 Å². The molecule has 0 radical (unpaired) electrons. The lowest BCUT2D eigenvalue weighted by Gasteiger charge is -2.13. The van der Waals surface area contributed by atoms with E-state index in [0.717, 1.165) is 11.3 Å². The van der Waals surface area contributed by atoms with E-state index in [9.17, 15) is 0 Å². The molecule has 0 spiro atoms. The highest BCUT2D eigenvalue weighted by Gasteiger charge is 2.08. The fourth-order valence-corrected chi connectivity index (χ4v) is 1.69. The molecule has 18 heavy (non-hydrogen) atoms. The van der Waals surface area contributed by atoms with Gasteiger partial charge in [-0.15, -0.1) is 0 Å². The molecule has 0 aliphatic heterocycles. The normalized spacial score (nSPS) is 10.2. The molecule has 0 aliphatic carbocycles. The lowest BCUT2D eigenvalue weighted by molar-refractivity contribution is 1.16. The maximum Gasteiger partial charge on any atom is 0.159 e. The van der Waals surface area contributed by atoms with Crippen LogP contribution < -0.4 is 16.4 Å². The Labute approximate surface area is 106 Å². The van der Waals surface area contributed by atoms with Crippen LogP contribution in [0.3, 0.4) is 0 Å². The van der Waals surface area contributed by atoms with Crippen LogP contribution in [-0.4, -0.2) is 17.0 Å². The molecule has 5 nitrogen and oxygen atoms in total. The van der Waals surface area contributed by atoms with Gasteiger partial charge in [-0.05, 0) is 31.0 Å². The Balaban J connectivity index is 2.37. The number of nitrogens with zero attached hydrogens (tertiary/aromatic N) is 2. The van der Waals surface area contributed by atoms with Gasteiger partial charge in [-0.3, -0.25) is 0 Å². The monoisotopic (exact) mass is 243 g/mol. The van der Waals surface area contributed by atoms with Crippen LogP contribution in [0.2, 0.25) is 0 Å². The van der Waals surface area contributed by atoms with Gasteiger partial charge in [0, 0.05) is 12.7 Å². The highest BCUT2D eigenvalue weighted by molar-refractivity contribution is 5.78. The number of aryl methyl sites for hydroxylation is 2. The molecule has 94 valence electrons. The Morgan fingerprint density at radius 2 is 1.83 bits per heavy atom. The SMILES string of the molecule is CNc1ncnc(Nc2cc(C)ccc2C)c1N. The summed E-state index contributed by atoms with van der Waals surface area (Å²) in [5.41, 5.74) is 9.82. The first-order chi connectivity index (χ1) is 8.61. The zero-order chi connectivity index (χ0) is 13.1. The largest absolute Gasteiger partial charge is 0.393 e. The molecule has 0 saturated carbocycles.